The van der Waals surface area contributed by atoms with Gasteiger partial charge in [0.05, 0.1) is 0 Å². The fourth-order valence-electron chi connectivity index (χ4n) is 2.15. The summed E-state index contributed by atoms with van der Waals surface area (Å²) < 4.78 is 0. The van der Waals surface area contributed by atoms with Crippen LogP contribution in [-0.4, -0.2) is 7.05 Å². The summed E-state index contributed by atoms with van der Waals surface area (Å²) in [7, 11) is 2.04. The van der Waals surface area contributed by atoms with Crippen molar-refractivity contribution in [2.75, 3.05) is 7.05 Å². The molecule has 1 heterocycles. The van der Waals surface area contributed by atoms with Crippen LogP contribution in [0.25, 0.3) is 0 Å². The van der Waals surface area contributed by atoms with Gasteiger partial charge in [0.25, 0.3) is 0 Å². The molecular weight excluding hydrogens is 238 g/mol. The van der Waals surface area contributed by atoms with Gasteiger partial charge < -0.3 is 5.32 Å². The first kappa shape index (κ1) is 13.3. The largest absolute Gasteiger partial charge is 0.312 e. The Bertz CT molecular complexity index is 528. The summed E-state index contributed by atoms with van der Waals surface area (Å²) in [5.41, 5.74) is 4.15. The smallest absolute Gasteiger partial charge is 0.0453 e. The lowest BCUT2D eigenvalue weighted by Crippen LogP contribution is -2.17. The van der Waals surface area contributed by atoms with Gasteiger partial charge in [-0.15, -0.1) is 11.3 Å². The lowest BCUT2D eigenvalue weighted by molar-refractivity contribution is 0.602. The van der Waals surface area contributed by atoms with E-state index in [2.05, 4.69) is 56.4 Å². The SMILES string of the molecule is CNC(Cc1ccc(C)c(C)c1)c1ccc(C)s1. The monoisotopic (exact) mass is 259 g/mol. The van der Waals surface area contributed by atoms with Gasteiger partial charge in [0.1, 0.15) is 0 Å². The summed E-state index contributed by atoms with van der Waals surface area (Å²) in [6.07, 6.45) is 1.05. The average Bonchev–Trinajstić information content (AvgIpc) is 2.77. The molecule has 18 heavy (non-hydrogen) atoms. The normalized spacial score (nSPS) is 12.7. The number of likely N-dealkylation sites (N-methyl/N-ethyl adjacent to an activating group) is 1. The van der Waals surface area contributed by atoms with Crippen LogP contribution in [0.15, 0.2) is 30.3 Å². The molecule has 1 aromatic carbocycles. The van der Waals surface area contributed by atoms with Crippen molar-refractivity contribution in [1.29, 1.82) is 0 Å². The second kappa shape index (κ2) is 5.68. The van der Waals surface area contributed by atoms with E-state index in [-0.39, 0.29) is 0 Å². The number of rotatable bonds is 4. The zero-order chi connectivity index (χ0) is 13.1. The first-order valence-electron chi connectivity index (χ1n) is 6.40. The van der Waals surface area contributed by atoms with Gasteiger partial charge in [0.2, 0.25) is 0 Å². The zero-order valence-electron chi connectivity index (χ0n) is 11.6. The molecule has 2 rings (SSSR count). The van der Waals surface area contributed by atoms with E-state index in [9.17, 15) is 0 Å². The maximum absolute atomic E-state index is 3.42. The van der Waals surface area contributed by atoms with Crippen molar-refractivity contribution in [2.45, 2.75) is 33.2 Å². The molecule has 1 nitrogen and oxygen atoms in total. The Hall–Kier alpha value is -1.12. The van der Waals surface area contributed by atoms with Gasteiger partial charge in [-0.1, -0.05) is 18.2 Å². The summed E-state index contributed by atoms with van der Waals surface area (Å²) in [6.45, 7) is 6.51. The van der Waals surface area contributed by atoms with E-state index < -0.39 is 0 Å². The van der Waals surface area contributed by atoms with E-state index in [1.54, 1.807) is 0 Å². The van der Waals surface area contributed by atoms with Crippen LogP contribution >= 0.6 is 11.3 Å². The van der Waals surface area contributed by atoms with Crippen molar-refractivity contribution < 1.29 is 0 Å². The molecule has 1 atom stereocenters. The molecule has 1 unspecified atom stereocenters. The van der Waals surface area contributed by atoms with Gasteiger partial charge in [-0.05, 0) is 63.1 Å². The molecule has 1 aromatic heterocycles. The Morgan fingerprint density at radius 1 is 1.06 bits per heavy atom. The Labute approximate surface area is 114 Å². The fraction of sp³-hybridized carbons (Fsp3) is 0.375. The minimum Gasteiger partial charge on any atom is -0.312 e. The van der Waals surface area contributed by atoms with Crippen LogP contribution in [0.3, 0.4) is 0 Å². The Kier molecular flexibility index (Phi) is 4.20. The van der Waals surface area contributed by atoms with E-state index >= 15 is 0 Å². The Morgan fingerprint density at radius 2 is 1.83 bits per heavy atom. The molecule has 0 radical (unpaired) electrons. The molecule has 0 aliphatic heterocycles. The van der Waals surface area contributed by atoms with Crippen molar-refractivity contribution >= 4 is 11.3 Å². The summed E-state index contributed by atoms with van der Waals surface area (Å²) in [6, 6.07) is 11.6. The predicted molar refractivity (Wildman–Crippen MR) is 80.5 cm³/mol. The van der Waals surface area contributed by atoms with Gasteiger partial charge in [-0.25, -0.2) is 0 Å². The van der Waals surface area contributed by atoms with Crippen molar-refractivity contribution in [3.05, 3.63) is 56.8 Å². The molecule has 96 valence electrons. The summed E-state index contributed by atoms with van der Waals surface area (Å²) in [5.74, 6) is 0. The molecule has 1 N–H and O–H groups in total. The quantitative estimate of drug-likeness (QED) is 0.868. The molecule has 2 aromatic rings. The second-order valence-electron chi connectivity index (χ2n) is 4.91. The van der Waals surface area contributed by atoms with Gasteiger partial charge in [0, 0.05) is 15.8 Å². The van der Waals surface area contributed by atoms with Crippen LogP contribution in [-0.2, 0) is 6.42 Å². The second-order valence-corrected chi connectivity index (χ2v) is 6.23. The van der Waals surface area contributed by atoms with E-state index in [1.165, 1.54) is 26.4 Å². The predicted octanol–water partition coefficient (Wildman–Crippen LogP) is 4.18. The number of hydrogen-bond acceptors (Lipinski definition) is 2. The van der Waals surface area contributed by atoms with Crippen LogP contribution in [0.2, 0.25) is 0 Å². The third kappa shape index (κ3) is 3.01. The highest BCUT2D eigenvalue weighted by Crippen LogP contribution is 2.26. The third-order valence-corrected chi connectivity index (χ3v) is 4.58. The topological polar surface area (TPSA) is 12.0 Å². The minimum atomic E-state index is 0.422. The van der Waals surface area contributed by atoms with Crippen LogP contribution in [0.1, 0.15) is 32.5 Å². The Balaban J connectivity index is 2.17. The average molecular weight is 259 g/mol. The molecule has 0 aliphatic rings. The summed E-state index contributed by atoms with van der Waals surface area (Å²) >= 11 is 1.88. The molecule has 0 amide bonds. The first-order chi connectivity index (χ1) is 8.60. The van der Waals surface area contributed by atoms with Gasteiger partial charge in [-0.3, -0.25) is 0 Å². The number of aryl methyl sites for hydroxylation is 3. The van der Waals surface area contributed by atoms with Crippen molar-refractivity contribution in [1.82, 2.24) is 5.32 Å². The molecule has 0 saturated heterocycles. The standard InChI is InChI=1S/C16H21NS/c1-11-5-7-14(9-12(11)2)10-15(17-4)16-8-6-13(3)18-16/h5-9,15,17H,10H2,1-4H3. The number of benzene rings is 1. The van der Waals surface area contributed by atoms with Crippen LogP contribution in [0.4, 0.5) is 0 Å². The first-order valence-corrected chi connectivity index (χ1v) is 7.21. The van der Waals surface area contributed by atoms with Crippen molar-refractivity contribution in [2.24, 2.45) is 0 Å². The molecule has 0 saturated carbocycles. The van der Waals surface area contributed by atoms with E-state index in [0.717, 1.165) is 6.42 Å². The number of thiophene rings is 1. The molecule has 2 heteroatoms. The minimum absolute atomic E-state index is 0.422. The third-order valence-electron chi connectivity index (χ3n) is 3.46. The fourth-order valence-corrected chi connectivity index (χ4v) is 3.14. The lowest BCUT2D eigenvalue weighted by atomic mass is 10.0. The highest BCUT2D eigenvalue weighted by Gasteiger charge is 2.12. The van der Waals surface area contributed by atoms with Gasteiger partial charge in [-0.2, -0.15) is 0 Å². The highest BCUT2D eigenvalue weighted by atomic mass is 32.1. The van der Waals surface area contributed by atoms with Crippen LogP contribution in [0, 0.1) is 20.8 Å². The van der Waals surface area contributed by atoms with Crippen molar-refractivity contribution in [3.8, 4) is 0 Å². The molecule has 0 bridgehead atoms. The number of nitrogens with one attached hydrogen (secondary N) is 1. The van der Waals surface area contributed by atoms with Crippen LogP contribution < -0.4 is 5.32 Å². The van der Waals surface area contributed by atoms with Crippen molar-refractivity contribution in [3.63, 3.8) is 0 Å². The van der Waals surface area contributed by atoms with Gasteiger partial charge >= 0.3 is 0 Å². The van der Waals surface area contributed by atoms with E-state index in [0.29, 0.717) is 6.04 Å². The van der Waals surface area contributed by atoms with Gasteiger partial charge in [0.15, 0.2) is 0 Å². The lowest BCUT2D eigenvalue weighted by Gasteiger charge is -2.15. The molecule has 0 fully saturated rings. The maximum Gasteiger partial charge on any atom is 0.0453 e. The zero-order valence-corrected chi connectivity index (χ0v) is 12.4. The molecular formula is C16H21NS. The summed E-state index contributed by atoms with van der Waals surface area (Å²) in [5, 5.41) is 3.42. The molecule has 0 aliphatic carbocycles. The van der Waals surface area contributed by atoms with E-state index in [4.69, 9.17) is 0 Å². The highest BCUT2D eigenvalue weighted by molar-refractivity contribution is 7.12. The number of hydrogen-bond donors (Lipinski definition) is 1. The van der Waals surface area contributed by atoms with Crippen LogP contribution in [0.5, 0.6) is 0 Å². The Morgan fingerprint density at radius 3 is 2.39 bits per heavy atom. The molecule has 0 spiro atoms. The maximum atomic E-state index is 3.42. The summed E-state index contributed by atoms with van der Waals surface area (Å²) in [4.78, 5) is 2.80. The van der Waals surface area contributed by atoms with E-state index in [1.807, 2.05) is 18.4 Å².